The van der Waals surface area contributed by atoms with Gasteiger partial charge in [0.05, 0.1) is 44.3 Å². The summed E-state index contributed by atoms with van der Waals surface area (Å²) in [7, 11) is -1.98. The van der Waals surface area contributed by atoms with E-state index in [1.54, 1.807) is 48.5 Å². The van der Waals surface area contributed by atoms with E-state index in [0.717, 1.165) is 22.8 Å². The molecule has 1 saturated heterocycles. The molecular weight excluding hydrogens is 1000 g/mol. The van der Waals surface area contributed by atoms with Gasteiger partial charge in [-0.2, -0.15) is 18.4 Å². The lowest BCUT2D eigenvalue weighted by Crippen LogP contribution is -2.60. The smallest absolute Gasteiger partial charge is 0.416 e. The molecule has 6 rings (SSSR count). The molecule has 2 unspecified atom stereocenters. The molecule has 14 nitrogen and oxygen atoms in total. The van der Waals surface area contributed by atoms with Gasteiger partial charge in [-0.1, -0.05) is 108 Å². The average molecular weight is 1080 g/mol. The molecule has 1 aliphatic rings. The molecule has 4 aromatic carbocycles. The number of H-pyrrole nitrogens is 1. The van der Waals surface area contributed by atoms with E-state index in [9.17, 15) is 33.1 Å². The van der Waals surface area contributed by atoms with Gasteiger partial charge in [-0.25, -0.2) is 9.46 Å². The number of methoxy groups -OCH3 is 2. The van der Waals surface area contributed by atoms with Crippen molar-refractivity contribution >= 4 is 16.8 Å². The molecule has 1 aromatic heterocycles. The predicted octanol–water partition coefficient (Wildman–Crippen LogP) is 11.6. The number of nitrogens with zero attached hydrogens (tertiary/aromatic N) is 3. The number of hydrogen-bond acceptors (Lipinski definition) is 12. The fourth-order valence-corrected chi connectivity index (χ4v) is 18.3. The number of halogens is 3. The van der Waals surface area contributed by atoms with E-state index in [0.29, 0.717) is 28.2 Å². The third kappa shape index (κ3) is 11.9. The molecule has 0 bridgehead atoms. The molecule has 0 radical (unpaired) electrons. The number of rotatable bonds is 24. The number of aliphatic hydroxyl groups is 1. The van der Waals surface area contributed by atoms with Gasteiger partial charge in [0, 0.05) is 24.3 Å². The van der Waals surface area contributed by atoms with E-state index < -0.39 is 75.4 Å². The number of nitriles is 1. The minimum Gasteiger partial charge on any atom is -0.497 e. The Bertz CT molecular complexity index is 2700. The molecule has 5 aromatic rings. The Morgan fingerprint density at radius 2 is 1.28 bits per heavy atom. The normalized spacial score (nSPS) is 19.3. The average Bonchev–Trinajstić information content (AvgIpc) is 3.68. The highest BCUT2D eigenvalue weighted by Gasteiger charge is 2.68. The van der Waals surface area contributed by atoms with Crippen molar-refractivity contribution in [1.29, 1.82) is 5.26 Å². The van der Waals surface area contributed by atoms with Crippen LogP contribution >= 0.6 is 8.53 Å². The standard InChI is InChI=1S/C56H72F3N4O10PSi/c1-36(2)63(37(3)4)74(70-34-16-32-60)73-50-49(69-35-71-75(38(5)6,39(7)8)40(9)10)51(62-33-31-48(64)61-53(62)66)72-55(50,44-19-21-45(22-20-44)56(57,58)59)52(65)54(41-17-14-13-15-18-41,42-23-27-46(67-11)28-24-42)43-25-29-47(68-12)30-26-43/h13-15,17-31,33,36-40,49-52,65H,16,34-35H2,1-12H3,(H,61,64,66)/t49-,50+,51-,52?,55+,74?/m1/s1. The Balaban J connectivity index is 1.83. The molecule has 1 fully saturated rings. The summed E-state index contributed by atoms with van der Waals surface area (Å²) >= 11 is 0. The summed E-state index contributed by atoms with van der Waals surface area (Å²) in [6.45, 7) is 20.0. The molecule has 6 atom stereocenters. The van der Waals surface area contributed by atoms with Crippen molar-refractivity contribution in [2.75, 3.05) is 27.6 Å². The van der Waals surface area contributed by atoms with Gasteiger partial charge in [0.15, 0.2) is 11.8 Å². The molecule has 0 saturated carbocycles. The van der Waals surface area contributed by atoms with E-state index in [-0.39, 0.29) is 54.1 Å². The van der Waals surface area contributed by atoms with E-state index in [4.69, 9.17) is 32.4 Å². The number of nitrogens with one attached hydrogen (secondary N) is 1. The van der Waals surface area contributed by atoms with Crippen LogP contribution in [0.2, 0.25) is 16.6 Å². The Labute approximate surface area is 440 Å². The number of benzene rings is 4. The van der Waals surface area contributed by atoms with E-state index >= 15 is 0 Å². The predicted molar refractivity (Wildman–Crippen MR) is 285 cm³/mol. The molecular formula is C56H72F3N4O10PSi. The second-order valence-corrected chi connectivity index (χ2v) is 27.1. The van der Waals surface area contributed by atoms with Gasteiger partial charge < -0.3 is 37.5 Å². The van der Waals surface area contributed by atoms with Crippen LogP contribution in [0.5, 0.6) is 11.5 Å². The number of hydrogen-bond donors (Lipinski definition) is 2. The van der Waals surface area contributed by atoms with Crippen LogP contribution in [0.25, 0.3) is 0 Å². The zero-order valence-corrected chi connectivity index (χ0v) is 46.7. The summed E-state index contributed by atoms with van der Waals surface area (Å²) in [4.78, 5) is 29.5. The Morgan fingerprint density at radius 3 is 1.73 bits per heavy atom. The number of aromatic nitrogens is 2. The second kappa shape index (κ2) is 24.9. The molecule has 2 heterocycles. The van der Waals surface area contributed by atoms with Gasteiger partial charge in [-0.3, -0.25) is 14.3 Å². The lowest BCUT2D eigenvalue weighted by atomic mass is 9.59. The second-order valence-electron chi connectivity index (χ2n) is 20.2. The topological polar surface area (TPSA) is 167 Å². The minimum absolute atomic E-state index is 0.00713. The van der Waals surface area contributed by atoms with Crippen LogP contribution in [0.3, 0.4) is 0 Å². The fourth-order valence-electron chi connectivity index (χ4n) is 11.2. The number of aliphatic hydroxyl groups excluding tert-OH is 1. The van der Waals surface area contributed by atoms with Gasteiger partial charge in [0.25, 0.3) is 14.1 Å². The molecule has 19 heteroatoms. The van der Waals surface area contributed by atoms with E-state index in [1.807, 2.05) is 62.7 Å². The highest BCUT2D eigenvalue weighted by Crippen LogP contribution is 2.61. The van der Waals surface area contributed by atoms with Crippen molar-refractivity contribution in [3.63, 3.8) is 0 Å². The Morgan fingerprint density at radius 1 is 0.773 bits per heavy atom. The first-order valence-corrected chi connectivity index (χ1v) is 28.5. The van der Waals surface area contributed by atoms with Gasteiger partial charge in [-0.05, 0) is 103 Å². The Hall–Kier alpha value is -5.19. The summed E-state index contributed by atoms with van der Waals surface area (Å²) in [6.07, 6.45) is -10.2. The quantitative estimate of drug-likeness (QED) is 0.0198. The molecule has 0 amide bonds. The summed E-state index contributed by atoms with van der Waals surface area (Å²) in [5, 5.41) is 24.5. The molecule has 0 spiro atoms. The van der Waals surface area contributed by atoms with E-state index in [1.165, 1.54) is 32.5 Å². The molecule has 75 heavy (non-hydrogen) atoms. The lowest BCUT2D eigenvalue weighted by molar-refractivity contribution is -0.180. The number of alkyl halides is 3. The first-order valence-electron chi connectivity index (χ1n) is 25.3. The van der Waals surface area contributed by atoms with Crippen LogP contribution in [0, 0.1) is 11.3 Å². The summed E-state index contributed by atoms with van der Waals surface area (Å²) < 4.78 is 94.3. The van der Waals surface area contributed by atoms with Crippen molar-refractivity contribution in [2.45, 2.75) is 146 Å². The molecule has 1 aliphatic heterocycles. The van der Waals surface area contributed by atoms with Gasteiger partial charge >= 0.3 is 11.9 Å². The maximum Gasteiger partial charge on any atom is 0.416 e. The maximum absolute atomic E-state index is 14.7. The van der Waals surface area contributed by atoms with Crippen molar-refractivity contribution in [3.05, 3.63) is 164 Å². The van der Waals surface area contributed by atoms with Crippen molar-refractivity contribution in [1.82, 2.24) is 14.2 Å². The largest absolute Gasteiger partial charge is 0.497 e. The number of ether oxygens (including phenoxy) is 4. The first kappa shape index (κ1) is 59.1. The first-order chi connectivity index (χ1) is 35.5. The van der Waals surface area contributed by atoms with Crippen LogP contribution in [0.15, 0.2) is 125 Å². The van der Waals surface area contributed by atoms with Crippen LogP contribution in [0.4, 0.5) is 13.2 Å². The number of aromatic amines is 1. The van der Waals surface area contributed by atoms with Crippen molar-refractivity contribution < 1.29 is 50.7 Å². The SMILES string of the molecule is COc1ccc(C(c2ccccc2)(c2ccc(OC)cc2)C(O)[C@@]2(c3ccc(C(F)(F)F)cc3)O[C@@H](n3ccc(=O)[nH]c3=O)[C@H](OCO[Si](C(C)C)(C(C)C)C(C)C)[C@@H]2OP(OCCC#N)N(C(C)C)C(C)C)cc1. The maximum atomic E-state index is 14.7. The summed E-state index contributed by atoms with van der Waals surface area (Å²) in [5.41, 5.74) is -4.92. The van der Waals surface area contributed by atoms with Crippen LogP contribution in [-0.2, 0) is 40.1 Å². The molecule has 2 N–H and O–H groups in total. The zero-order chi connectivity index (χ0) is 55.0. The third-order valence-corrected chi connectivity index (χ3v) is 22.5. The van der Waals surface area contributed by atoms with Crippen LogP contribution in [-0.4, -0.2) is 85.7 Å². The van der Waals surface area contributed by atoms with Crippen molar-refractivity contribution in [2.24, 2.45) is 0 Å². The monoisotopic (exact) mass is 1080 g/mol. The van der Waals surface area contributed by atoms with E-state index in [2.05, 4.69) is 52.6 Å². The van der Waals surface area contributed by atoms with Crippen molar-refractivity contribution in [3.8, 4) is 17.6 Å². The zero-order valence-electron chi connectivity index (χ0n) is 44.8. The van der Waals surface area contributed by atoms with Gasteiger partial charge in [0.1, 0.15) is 36.6 Å². The Kier molecular flexibility index (Phi) is 19.6. The highest BCUT2D eigenvalue weighted by molar-refractivity contribution is 7.44. The fraction of sp³-hybridized carbons (Fsp3) is 0.482. The van der Waals surface area contributed by atoms with Crippen LogP contribution < -0.4 is 20.7 Å². The third-order valence-electron chi connectivity index (χ3n) is 14.4. The summed E-state index contributed by atoms with van der Waals surface area (Å²) in [6, 6.07) is 30.3. The highest BCUT2D eigenvalue weighted by atomic mass is 31.2. The summed E-state index contributed by atoms with van der Waals surface area (Å²) in [5.74, 6) is 0.997. The molecule has 0 aliphatic carbocycles. The van der Waals surface area contributed by atoms with Gasteiger partial charge in [0.2, 0.25) is 8.32 Å². The van der Waals surface area contributed by atoms with Crippen LogP contribution in [0.1, 0.15) is 110 Å². The minimum atomic E-state index is -4.77. The molecule has 406 valence electrons. The lowest BCUT2D eigenvalue weighted by Gasteiger charge is -2.50. The van der Waals surface area contributed by atoms with Gasteiger partial charge in [-0.15, -0.1) is 0 Å².